The van der Waals surface area contributed by atoms with Crippen LogP contribution in [-0.2, 0) is 15.6 Å². The maximum absolute atomic E-state index is 11.2. The molecular formula is C9H9ClN2O2S. The van der Waals surface area contributed by atoms with Crippen molar-refractivity contribution in [2.45, 2.75) is 18.4 Å². The van der Waals surface area contributed by atoms with E-state index >= 15 is 0 Å². The highest BCUT2D eigenvalue weighted by Crippen LogP contribution is 2.25. The molecule has 4 nitrogen and oxygen atoms in total. The van der Waals surface area contributed by atoms with Gasteiger partial charge in [-0.25, -0.2) is 8.42 Å². The van der Waals surface area contributed by atoms with Crippen LogP contribution >= 0.6 is 10.7 Å². The van der Waals surface area contributed by atoms with E-state index in [0.29, 0.717) is 11.1 Å². The molecule has 0 aliphatic carbocycles. The van der Waals surface area contributed by atoms with Crippen LogP contribution in [0.2, 0.25) is 0 Å². The topological polar surface area (TPSA) is 83.9 Å². The maximum Gasteiger partial charge on any atom is 0.262 e. The van der Waals surface area contributed by atoms with Crippen molar-refractivity contribution in [2.75, 3.05) is 0 Å². The number of rotatable bonds is 2. The maximum atomic E-state index is 11.2. The molecule has 1 aromatic rings. The molecule has 0 saturated carbocycles. The van der Waals surface area contributed by atoms with Gasteiger partial charge in [0.1, 0.15) is 11.0 Å². The molecule has 0 heterocycles. The summed E-state index contributed by atoms with van der Waals surface area (Å²) in [6.45, 7) is 1.83. The van der Waals surface area contributed by atoms with Gasteiger partial charge in [-0.1, -0.05) is 6.07 Å². The summed E-state index contributed by atoms with van der Waals surface area (Å²) in [5.41, 5.74) is 6.58. The fourth-order valence-electron chi connectivity index (χ4n) is 1.37. The number of halogens is 1. The van der Waals surface area contributed by atoms with E-state index in [9.17, 15) is 8.42 Å². The Kier molecular flexibility index (Phi) is 3.35. The molecule has 6 heteroatoms. The molecule has 2 N–H and O–H groups in total. The lowest BCUT2D eigenvalue weighted by Gasteiger charge is -2.06. The zero-order valence-electron chi connectivity index (χ0n) is 7.99. The fourth-order valence-corrected chi connectivity index (χ4v) is 2.80. The van der Waals surface area contributed by atoms with Gasteiger partial charge < -0.3 is 5.73 Å². The summed E-state index contributed by atoms with van der Waals surface area (Å²) in [5.74, 6) is 0. The number of nitrogens with two attached hydrogens (primary N) is 1. The molecule has 0 atom stereocenters. The van der Waals surface area contributed by atoms with Crippen LogP contribution in [-0.4, -0.2) is 8.42 Å². The highest BCUT2D eigenvalue weighted by Gasteiger charge is 2.19. The summed E-state index contributed by atoms with van der Waals surface area (Å²) in [5, 5.41) is 8.81. The van der Waals surface area contributed by atoms with Crippen molar-refractivity contribution >= 4 is 19.7 Å². The first-order chi connectivity index (χ1) is 6.90. The molecule has 80 valence electrons. The minimum Gasteiger partial charge on any atom is -0.326 e. The van der Waals surface area contributed by atoms with Crippen molar-refractivity contribution in [1.29, 1.82) is 5.26 Å². The standard InChI is InChI=1S/C9H9ClN2O2S/c1-6-2-7(4-11)3-8(5-12)9(6)15(10,13)14/h2-3H,4,11H2,1H3. The largest absolute Gasteiger partial charge is 0.326 e. The Bertz CT molecular complexity index is 532. The van der Waals surface area contributed by atoms with Gasteiger partial charge in [0, 0.05) is 17.2 Å². The lowest BCUT2D eigenvalue weighted by Crippen LogP contribution is -2.03. The molecule has 1 rings (SSSR count). The molecule has 0 bridgehead atoms. The Hall–Kier alpha value is -1.09. The number of nitrogens with zero attached hydrogens (tertiary/aromatic N) is 1. The second-order valence-corrected chi connectivity index (χ2v) is 5.55. The number of benzene rings is 1. The molecule has 0 spiro atoms. The fraction of sp³-hybridized carbons (Fsp3) is 0.222. The number of nitriles is 1. The van der Waals surface area contributed by atoms with Crippen LogP contribution in [0.4, 0.5) is 0 Å². The van der Waals surface area contributed by atoms with Crippen LogP contribution in [0.1, 0.15) is 16.7 Å². The minimum absolute atomic E-state index is 0.0328. The SMILES string of the molecule is Cc1cc(CN)cc(C#N)c1S(=O)(=O)Cl. The van der Waals surface area contributed by atoms with Gasteiger partial charge in [-0.3, -0.25) is 0 Å². The van der Waals surface area contributed by atoms with Crippen LogP contribution in [0.5, 0.6) is 0 Å². The van der Waals surface area contributed by atoms with Crippen molar-refractivity contribution < 1.29 is 8.42 Å². The molecule has 0 fully saturated rings. The molecule has 0 aliphatic heterocycles. The van der Waals surface area contributed by atoms with Crippen molar-refractivity contribution in [2.24, 2.45) is 5.73 Å². The Morgan fingerprint density at radius 1 is 1.53 bits per heavy atom. The zero-order chi connectivity index (χ0) is 11.6. The second-order valence-electron chi connectivity index (χ2n) is 3.04. The smallest absolute Gasteiger partial charge is 0.262 e. The van der Waals surface area contributed by atoms with E-state index in [0.717, 1.165) is 0 Å². The van der Waals surface area contributed by atoms with Gasteiger partial charge in [-0.2, -0.15) is 5.26 Å². The second kappa shape index (κ2) is 4.19. The van der Waals surface area contributed by atoms with E-state index in [1.807, 2.05) is 0 Å². The molecule has 0 aliphatic rings. The average molecular weight is 245 g/mol. The highest BCUT2D eigenvalue weighted by atomic mass is 35.7. The predicted octanol–water partition coefficient (Wildman–Crippen LogP) is 1.25. The summed E-state index contributed by atoms with van der Waals surface area (Å²) in [6.07, 6.45) is 0. The van der Waals surface area contributed by atoms with Crippen molar-refractivity contribution in [1.82, 2.24) is 0 Å². The van der Waals surface area contributed by atoms with Crippen molar-refractivity contribution in [3.63, 3.8) is 0 Å². The average Bonchev–Trinajstić information content (AvgIpc) is 2.14. The molecule has 0 saturated heterocycles. The van der Waals surface area contributed by atoms with Gasteiger partial charge in [-0.05, 0) is 24.1 Å². The van der Waals surface area contributed by atoms with E-state index in [2.05, 4.69) is 0 Å². The van der Waals surface area contributed by atoms with Crippen molar-refractivity contribution in [3.05, 3.63) is 28.8 Å². The first kappa shape index (κ1) is 12.0. The summed E-state index contributed by atoms with van der Waals surface area (Å²) in [6, 6.07) is 4.84. The van der Waals surface area contributed by atoms with E-state index in [4.69, 9.17) is 21.7 Å². The van der Waals surface area contributed by atoms with Crippen LogP contribution < -0.4 is 5.73 Å². The normalized spacial score (nSPS) is 11.1. The third-order valence-electron chi connectivity index (χ3n) is 1.93. The number of hydrogen-bond donors (Lipinski definition) is 1. The zero-order valence-corrected chi connectivity index (χ0v) is 9.56. The molecular weight excluding hydrogens is 236 g/mol. The molecule has 1 aromatic carbocycles. The third kappa shape index (κ3) is 2.48. The summed E-state index contributed by atoms with van der Waals surface area (Å²) < 4.78 is 22.4. The van der Waals surface area contributed by atoms with Gasteiger partial charge in [0.05, 0.1) is 5.56 Å². The molecule has 0 aromatic heterocycles. The summed E-state index contributed by atoms with van der Waals surface area (Å²) in [4.78, 5) is -0.135. The lowest BCUT2D eigenvalue weighted by atomic mass is 10.1. The Balaban J connectivity index is 3.61. The molecule has 0 radical (unpaired) electrons. The van der Waals surface area contributed by atoms with Crippen LogP contribution in [0.15, 0.2) is 17.0 Å². The van der Waals surface area contributed by atoms with Gasteiger partial charge in [0.15, 0.2) is 0 Å². The Morgan fingerprint density at radius 2 is 2.13 bits per heavy atom. The number of hydrogen-bond acceptors (Lipinski definition) is 4. The Morgan fingerprint density at radius 3 is 2.53 bits per heavy atom. The van der Waals surface area contributed by atoms with E-state index in [1.165, 1.54) is 6.07 Å². The third-order valence-corrected chi connectivity index (χ3v) is 3.43. The first-order valence-corrected chi connectivity index (χ1v) is 6.39. The lowest BCUT2D eigenvalue weighted by molar-refractivity contribution is 0.608. The van der Waals surface area contributed by atoms with Gasteiger partial charge in [0.2, 0.25) is 0 Å². The first-order valence-electron chi connectivity index (χ1n) is 4.08. The van der Waals surface area contributed by atoms with Gasteiger partial charge in [-0.15, -0.1) is 0 Å². The van der Waals surface area contributed by atoms with Gasteiger partial charge in [0.25, 0.3) is 9.05 Å². The highest BCUT2D eigenvalue weighted by molar-refractivity contribution is 8.13. The summed E-state index contributed by atoms with van der Waals surface area (Å²) in [7, 11) is 1.34. The summed E-state index contributed by atoms with van der Waals surface area (Å²) >= 11 is 0. The van der Waals surface area contributed by atoms with Crippen LogP contribution in [0.3, 0.4) is 0 Å². The van der Waals surface area contributed by atoms with E-state index in [1.54, 1.807) is 19.1 Å². The minimum atomic E-state index is -3.89. The Labute approximate surface area is 92.7 Å². The van der Waals surface area contributed by atoms with E-state index < -0.39 is 9.05 Å². The predicted molar refractivity (Wildman–Crippen MR) is 56.8 cm³/mol. The van der Waals surface area contributed by atoms with Crippen molar-refractivity contribution in [3.8, 4) is 6.07 Å². The molecule has 15 heavy (non-hydrogen) atoms. The molecule has 0 unspecified atom stereocenters. The molecule has 0 amide bonds. The van der Waals surface area contributed by atoms with Gasteiger partial charge >= 0.3 is 0 Å². The number of aryl methyl sites for hydroxylation is 1. The van der Waals surface area contributed by atoms with Crippen LogP contribution in [0, 0.1) is 18.3 Å². The monoisotopic (exact) mass is 244 g/mol. The van der Waals surface area contributed by atoms with E-state index in [-0.39, 0.29) is 17.0 Å². The van der Waals surface area contributed by atoms with Crippen LogP contribution in [0.25, 0.3) is 0 Å². The quantitative estimate of drug-likeness (QED) is 0.794.